The van der Waals surface area contributed by atoms with Crippen LogP contribution in [0.5, 0.6) is 0 Å². The molecule has 0 aromatic rings. The Kier molecular flexibility index (Phi) is 5.45. The largest absolute Gasteiger partial charge is 0.381 e. The van der Waals surface area contributed by atoms with Gasteiger partial charge in [0.15, 0.2) is 0 Å². The summed E-state index contributed by atoms with van der Waals surface area (Å²) in [6.45, 7) is 3.06. The molecular weight excluding hydrogens is 176 g/mol. The van der Waals surface area contributed by atoms with E-state index in [9.17, 15) is 0 Å². The van der Waals surface area contributed by atoms with Crippen molar-refractivity contribution in [1.29, 1.82) is 0 Å². The summed E-state index contributed by atoms with van der Waals surface area (Å²) in [6.07, 6.45) is 3.77. The molecule has 1 heterocycles. The first-order chi connectivity index (χ1) is 6.74. The number of hydrogen-bond acceptors (Lipinski definition) is 3. The van der Waals surface area contributed by atoms with Crippen molar-refractivity contribution in [3.8, 4) is 0 Å². The molecule has 1 rings (SSSR count). The minimum absolute atomic E-state index is 0.623. The molecule has 0 aromatic carbocycles. The third kappa shape index (κ3) is 3.95. The van der Waals surface area contributed by atoms with Gasteiger partial charge in [-0.1, -0.05) is 0 Å². The van der Waals surface area contributed by atoms with Crippen molar-refractivity contribution in [1.82, 2.24) is 10.2 Å². The van der Waals surface area contributed by atoms with Gasteiger partial charge >= 0.3 is 0 Å². The number of hydrogen-bond donors (Lipinski definition) is 1. The lowest BCUT2D eigenvalue weighted by Crippen LogP contribution is -2.40. The van der Waals surface area contributed by atoms with Gasteiger partial charge in [0.05, 0.1) is 6.61 Å². The summed E-state index contributed by atoms with van der Waals surface area (Å²) in [5.74, 6) is 0.716. The molecular formula is C11H24N2O. The van der Waals surface area contributed by atoms with Crippen molar-refractivity contribution in [2.45, 2.75) is 25.3 Å². The van der Waals surface area contributed by atoms with Crippen LogP contribution >= 0.6 is 0 Å². The van der Waals surface area contributed by atoms with E-state index in [2.05, 4.69) is 31.4 Å². The average molecular weight is 200 g/mol. The van der Waals surface area contributed by atoms with Crippen molar-refractivity contribution in [2.75, 3.05) is 40.9 Å². The minimum Gasteiger partial charge on any atom is -0.381 e. The molecule has 0 spiro atoms. The molecule has 1 aliphatic heterocycles. The van der Waals surface area contributed by atoms with Gasteiger partial charge in [-0.15, -0.1) is 0 Å². The van der Waals surface area contributed by atoms with E-state index >= 15 is 0 Å². The predicted molar refractivity (Wildman–Crippen MR) is 59.6 cm³/mol. The number of ether oxygens (including phenoxy) is 1. The second-order valence-corrected chi connectivity index (χ2v) is 4.46. The smallest absolute Gasteiger partial charge is 0.0509 e. The number of nitrogens with one attached hydrogen (secondary N) is 1. The van der Waals surface area contributed by atoms with E-state index in [1.807, 2.05) is 0 Å². The maximum atomic E-state index is 5.52. The molecule has 0 bridgehead atoms. The second kappa shape index (κ2) is 6.38. The highest BCUT2D eigenvalue weighted by Gasteiger charge is 2.22. The van der Waals surface area contributed by atoms with Crippen LogP contribution in [0.15, 0.2) is 0 Å². The van der Waals surface area contributed by atoms with Crippen LogP contribution in [0.25, 0.3) is 0 Å². The first kappa shape index (κ1) is 12.0. The zero-order valence-corrected chi connectivity index (χ0v) is 9.75. The molecule has 1 N–H and O–H groups in total. The molecule has 0 aromatic heterocycles. The quantitative estimate of drug-likeness (QED) is 0.715. The maximum Gasteiger partial charge on any atom is 0.0509 e. The summed E-state index contributed by atoms with van der Waals surface area (Å²) in [4.78, 5) is 2.24. The fraction of sp³-hybridized carbons (Fsp3) is 1.00. The first-order valence-electron chi connectivity index (χ1n) is 5.63. The zero-order valence-electron chi connectivity index (χ0n) is 9.75. The minimum atomic E-state index is 0.623. The third-order valence-corrected chi connectivity index (χ3v) is 3.02. The normalized spacial score (nSPS) is 25.3. The fourth-order valence-corrected chi connectivity index (χ4v) is 2.10. The molecule has 3 nitrogen and oxygen atoms in total. The molecule has 1 fully saturated rings. The molecule has 0 saturated carbocycles. The van der Waals surface area contributed by atoms with Crippen LogP contribution < -0.4 is 5.32 Å². The Bertz CT molecular complexity index is 144. The predicted octanol–water partition coefficient (Wildman–Crippen LogP) is 0.953. The molecule has 1 saturated heterocycles. The van der Waals surface area contributed by atoms with Gasteiger partial charge in [0, 0.05) is 12.6 Å². The molecule has 14 heavy (non-hydrogen) atoms. The number of nitrogens with zero attached hydrogens (tertiary/aromatic N) is 1. The van der Waals surface area contributed by atoms with Crippen LogP contribution in [0.3, 0.4) is 0 Å². The number of rotatable bonds is 5. The molecule has 0 amide bonds. The molecule has 2 unspecified atom stereocenters. The molecule has 3 heteroatoms. The maximum absolute atomic E-state index is 5.52. The average Bonchev–Trinajstić information content (AvgIpc) is 2.20. The van der Waals surface area contributed by atoms with Crippen molar-refractivity contribution in [3.63, 3.8) is 0 Å². The van der Waals surface area contributed by atoms with Gasteiger partial charge in [-0.2, -0.15) is 0 Å². The molecule has 0 radical (unpaired) electrons. The van der Waals surface area contributed by atoms with Crippen LogP contribution in [-0.4, -0.2) is 51.8 Å². The Morgan fingerprint density at radius 2 is 2.29 bits per heavy atom. The molecule has 1 aliphatic rings. The van der Waals surface area contributed by atoms with Gasteiger partial charge in [0.1, 0.15) is 0 Å². The van der Waals surface area contributed by atoms with Gasteiger partial charge in [-0.3, -0.25) is 0 Å². The van der Waals surface area contributed by atoms with Gasteiger partial charge in [0.25, 0.3) is 0 Å². The standard InChI is InChI=1S/C11H24N2O/c1-12-11(6-7-13(2)3)10-5-4-8-14-9-10/h10-12H,4-9H2,1-3H3. The van der Waals surface area contributed by atoms with Crippen LogP contribution in [0, 0.1) is 5.92 Å². The van der Waals surface area contributed by atoms with E-state index in [4.69, 9.17) is 4.74 Å². The van der Waals surface area contributed by atoms with Crippen molar-refractivity contribution >= 4 is 0 Å². The Hall–Kier alpha value is -0.120. The van der Waals surface area contributed by atoms with Crippen LogP contribution in [0.1, 0.15) is 19.3 Å². The lowest BCUT2D eigenvalue weighted by Gasteiger charge is -2.30. The summed E-state index contributed by atoms with van der Waals surface area (Å²) < 4.78 is 5.52. The zero-order chi connectivity index (χ0) is 10.4. The van der Waals surface area contributed by atoms with E-state index in [0.29, 0.717) is 12.0 Å². The van der Waals surface area contributed by atoms with Gasteiger partial charge in [0.2, 0.25) is 0 Å². The van der Waals surface area contributed by atoms with E-state index < -0.39 is 0 Å². The van der Waals surface area contributed by atoms with Gasteiger partial charge in [-0.25, -0.2) is 0 Å². The van der Waals surface area contributed by atoms with Crippen molar-refractivity contribution in [3.05, 3.63) is 0 Å². The summed E-state index contributed by atoms with van der Waals surface area (Å²) >= 11 is 0. The molecule has 0 aliphatic carbocycles. The highest BCUT2D eigenvalue weighted by Crippen LogP contribution is 2.19. The fourth-order valence-electron chi connectivity index (χ4n) is 2.10. The van der Waals surface area contributed by atoms with Crippen molar-refractivity contribution in [2.24, 2.45) is 5.92 Å². The summed E-state index contributed by atoms with van der Waals surface area (Å²) in [7, 11) is 6.32. The lowest BCUT2D eigenvalue weighted by atomic mass is 9.91. The Morgan fingerprint density at radius 3 is 2.79 bits per heavy atom. The third-order valence-electron chi connectivity index (χ3n) is 3.02. The van der Waals surface area contributed by atoms with Gasteiger partial charge < -0.3 is 15.0 Å². The van der Waals surface area contributed by atoms with E-state index in [0.717, 1.165) is 19.8 Å². The molecule has 84 valence electrons. The van der Waals surface area contributed by atoms with E-state index in [1.165, 1.54) is 19.3 Å². The monoisotopic (exact) mass is 200 g/mol. The van der Waals surface area contributed by atoms with Gasteiger partial charge in [-0.05, 0) is 52.9 Å². The van der Waals surface area contributed by atoms with Crippen LogP contribution in [-0.2, 0) is 4.74 Å². The second-order valence-electron chi connectivity index (χ2n) is 4.46. The van der Waals surface area contributed by atoms with E-state index in [1.54, 1.807) is 0 Å². The lowest BCUT2D eigenvalue weighted by molar-refractivity contribution is 0.0381. The molecule has 2 atom stereocenters. The Balaban J connectivity index is 2.28. The highest BCUT2D eigenvalue weighted by molar-refractivity contribution is 4.77. The Labute approximate surface area is 87.8 Å². The summed E-state index contributed by atoms with van der Waals surface area (Å²) in [5, 5.41) is 3.42. The van der Waals surface area contributed by atoms with Crippen molar-refractivity contribution < 1.29 is 4.74 Å². The van der Waals surface area contributed by atoms with Crippen LogP contribution in [0.4, 0.5) is 0 Å². The summed E-state index contributed by atoms with van der Waals surface area (Å²) in [6, 6.07) is 0.623. The topological polar surface area (TPSA) is 24.5 Å². The Morgan fingerprint density at radius 1 is 1.50 bits per heavy atom. The summed E-state index contributed by atoms with van der Waals surface area (Å²) in [5.41, 5.74) is 0. The highest BCUT2D eigenvalue weighted by atomic mass is 16.5. The first-order valence-corrected chi connectivity index (χ1v) is 5.63. The van der Waals surface area contributed by atoms with Crippen LogP contribution in [0.2, 0.25) is 0 Å². The SMILES string of the molecule is CNC(CCN(C)C)C1CCCOC1. The van der Waals surface area contributed by atoms with E-state index in [-0.39, 0.29) is 0 Å².